The molecule has 1 N–H and O–H groups in total. The maximum atomic E-state index is 11.6. The van der Waals surface area contributed by atoms with Gasteiger partial charge in [0.05, 0.1) is 24.3 Å². The molecule has 0 heterocycles. The monoisotopic (exact) mass is 292 g/mol. The van der Waals surface area contributed by atoms with Crippen LogP contribution in [0.15, 0.2) is 36.9 Å². The van der Waals surface area contributed by atoms with Gasteiger partial charge in [0.25, 0.3) is 0 Å². The molecule has 0 aliphatic heterocycles. The van der Waals surface area contributed by atoms with Crippen LogP contribution in [-0.2, 0) is 14.3 Å². The fraction of sp³-hybridized carbons (Fsp3) is 0.267. The Morgan fingerprint density at radius 1 is 1.00 bits per heavy atom. The third kappa shape index (κ3) is 5.90. The first-order valence-electron chi connectivity index (χ1n) is 6.34. The molecule has 0 amide bonds. The van der Waals surface area contributed by atoms with E-state index in [1.165, 1.54) is 24.3 Å². The Kier molecular flexibility index (Phi) is 6.67. The summed E-state index contributed by atoms with van der Waals surface area (Å²) in [6.07, 6.45) is 2.22. The van der Waals surface area contributed by atoms with E-state index in [9.17, 15) is 14.4 Å². The van der Waals surface area contributed by atoms with E-state index in [0.29, 0.717) is 12.8 Å². The highest BCUT2D eigenvalue weighted by Crippen LogP contribution is 2.06. The topological polar surface area (TPSA) is 89.9 Å². The predicted octanol–water partition coefficient (Wildman–Crippen LogP) is 2.05. The summed E-state index contributed by atoms with van der Waals surface area (Å²) in [5, 5.41) is 8.74. The predicted molar refractivity (Wildman–Crippen MR) is 74.1 cm³/mol. The molecule has 21 heavy (non-hydrogen) atoms. The molecule has 1 rings (SSSR count). The highest BCUT2D eigenvalue weighted by atomic mass is 16.5. The summed E-state index contributed by atoms with van der Waals surface area (Å²) in [6.45, 7) is 3.71. The number of carbonyl (C=O) groups excluding carboxylic acids is 2. The zero-order valence-corrected chi connectivity index (χ0v) is 11.4. The van der Waals surface area contributed by atoms with Crippen molar-refractivity contribution in [2.45, 2.75) is 12.8 Å². The zero-order valence-electron chi connectivity index (χ0n) is 11.4. The number of esters is 2. The van der Waals surface area contributed by atoms with Gasteiger partial charge in [0.2, 0.25) is 0 Å². The van der Waals surface area contributed by atoms with E-state index < -0.39 is 17.9 Å². The molecule has 0 unspecified atom stereocenters. The number of benzene rings is 1. The van der Waals surface area contributed by atoms with Crippen LogP contribution in [0.25, 0.3) is 0 Å². The number of aromatic carboxylic acids is 1. The molecule has 0 aliphatic rings. The minimum absolute atomic E-state index is 0.107. The Bertz CT molecular complexity index is 517. The minimum Gasteiger partial charge on any atom is -0.478 e. The molecule has 0 bridgehead atoms. The molecule has 6 heteroatoms. The number of hydrogen-bond donors (Lipinski definition) is 1. The summed E-state index contributed by atoms with van der Waals surface area (Å²) in [4.78, 5) is 33.1. The van der Waals surface area contributed by atoms with Crippen molar-refractivity contribution in [1.82, 2.24) is 0 Å². The second-order valence-corrected chi connectivity index (χ2v) is 4.10. The van der Waals surface area contributed by atoms with Crippen LogP contribution in [0.5, 0.6) is 0 Å². The van der Waals surface area contributed by atoms with Gasteiger partial charge in [-0.3, -0.25) is 0 Å². The molecule has 0 atom stereocenters. The Balaban J connectivity index is 2.26. The van der Waals surface area contributed by atoms with Gasteiger partial charge in [0, 0.05) is 6.08 Å². The molecule has 1 aromatic rings. The van der Waals surface area contributed by atoms with Crippen molar-refractivity contribution >= 4 is 17.9 Å². The Labute approximate surface area is 122 Å². The van der Waals surface area contributed by atoms with Crippen molar-refractivity contribution in [1.29, 1.82) is 0 Å². The van der Waals surface area contributed by atoms with Crippen LogP contribution < -0.4 is 0 Å². The van der Waals surface area contributed by atoms with Gasteiger partial charge in [-0.25, -0.2) is 14.4 Å². The number of unbranched alkanes of at least 4 members (excludes halogenated alkanes) is 1. The molecule has 0 saturated heterocycles. The maximum absolute atomic E-state index is 11.6. The Morgan fingerprint density at radius 3 is 2.05 bits per heavy atom. The molecule has 0 spiro atoms. The summed E-state index contributed by atoms with van der Waals surface area (Å²) in [5.74, 6) is -2.05. The van der Waals surface area contributed by atoms with Crippen molar-refractivity contribution < 1.29 is 29.0 Å². The number of rotatable bonds is 8. The number of carboxylic acid groups (broad SMARTS) is 1. The van der Waals surface area contributed by atoms with Crippen LogP contribution in [0.2, 0.25) is 0 Å². The molecular weight excluding hydrogens is 276 g/mol. The lowest BCUT2D eigenvalue weighted by atomic mass is 10.1. The standard InChI is InChI=1S/C15H16O6/c1-2-13(16)20-9-3-4-10-21-15(19)12-7-5-11(6-8-12)14(17)18/h2,5-8H,1,3-4,9-10H2,(H,17,18). The van der Waals surface area contributed by atoms with Gasteiger partial charge < -0.3 is 14.6 Å². The second kappa shape index (κ2) is 8.52. The number of ether oxygens (including phenoxy) is 2. The van der Waals surface area contributed by atoms with Gasteiger partial charge in [0.15, 0.2) is 0 Å². The van der Waals surface area contributed by atoms with E-state index in [0.717, 1.165) is 6.08 Å². The zero-order chi connectivity index (χ0) is 15.7. The van der Waals surface area contributed by atoms with Crippen LogP contribution in [0.3, 0.4) is 0 Å². The molecule has 6 nitrogen and oxygen atoms in total. The van der Waals surface area contributed by atoms with Crippen LogP contribution in [0.1, 0.15) is 33.6 Å². The van der Waals surface area contributed by atoms with Crippen LogP contribution in [0, 0.1) is 0 Å². The van der Waals surface area contributed by atoms with Gasteiger partial charge in [-0.05, 0) is 37.1 Å². The molecule has 0 aliphatic carbocycles. The number of hydrogen-bond acceptors (Lipinski definition) is 5. The van der Waals surface area contributed by atoms with Crippen LogP contribution in [0.4, 0.5) is 0 Å². The van der Waals surface area contributed by atoms with Crippen molar-refractivity contribution in [3.63, 3.8) is 0 Å². The molecular formula is C15H16O6. The summed E-state index contributed by atoms with van der Waals surface area (Å²) in [7, 11) is 0. The Morgan fingerprint density at radius 2 is 1.52 bits per heavy atom. The quantitative estimate of drug-likeness (QED) is 0.448. The smallest absolute Gasteiger partial charge is 0.338 e. The fourth-order valence-electron chi connectivity index (χ4n) is 1.43. The van der Waals surface area contributed by atoms with Crippen LogP contribution >= 0.6 is 0 Å². The van der Waals surface area contributed by atoms with Crippen LogP contribution in [-0.4, -0.2) is 36.2 Å². The van der Waals surface area contributed by atoms with Gasteiger partial charge in [-0.15, -0.1) is 0 Å². The van der Waals surface area contributed by atoms with Crippen molar-refractivity contribution in [2.75, 3.05) is 13.2 Å². The lowest BCUT2D eigenvalue weighted by molar-refractivity contribution is -0.137. The first-order valence-corrected chi connectivity index (χ1v) is 6.34. The fourth-order valence-corrected chi connectivity index (χ4v) is 1.43. The summed E-state index contributed by atoms with van der Waals surface area (Å²) in [5.41, 5.74) is 0.397. The summed E-state index contributed by atoms with van der Waals surface area (Å²) < 4.78 is 9.78. The Hall–Kier alpha value is -2.63. The summed E-state index contributed by atoms with van der Waals surface area (Å²) in [6, 6.07) is 5.48. The lowest BCUT2D eigenvalue weighted by Crippen LogP contribution is -2.08. The third-order valence-corrected chi connectivity index (χ3v) is 2.55. The van der Waals surface area contributed by atoms with Gasteiger partial charge >= 0.3 is 17.9 Å². The van der Waals surface area contributed by atoms with Gasteiger partial charge in [0.1, 0.15) is 0 Å². The van der Waals surface area contributed by atoms with E-state index in [1.54, 1.807) is 0 Å². The third-order valence-electron chi connectivity index (χ3n) is 2.55. The second-order valence-electron chi connectivity index (χ2n) is 4.10. The lowest BCUT2D eigenvalue weighted by Gasteiger charge is -2.05. The van der Waals surface area contributed by atoms with Gasteiger partial charge in [-0.1, -0.05) is 6.58 Å². The first kappa shape index (κ1) is 16.4. The molecule has 0 aromatic heterocycles. The van der Waals surface area contributed by atoms with E-state index in [-0.39, 0.29) is 24.3 Å². The average molecular weight is 292 g/mol. The molecule has 0 saturated carbocycles. The van der Waals surface area contributed by atoms with Crippen molar-refractivity contribution in [2.24, 2.45) is 0 Å². The van der Waals surface area contributed by atoms with E-state index in [2.05, 4.69) is 6.58 Å². The highest BCUT2D eigenvalue weighted by molar-refractivity contribution is 5.92. The first-order chi connectivity index (χ1) is 10.0. The molecule has 112 valence electrons. The molecule has 1 aromatic carbocycles. The van der Waals surface area contributed by atoms with E-state index in [1.807, 2.05) is 0 Å². The average Bonchev–Trinajstić information content (AvgIpc) is 2.50. The SMILES string of the molecule is C=CC(=O)OCCCCOC(=O)c1ccc(C(=O)O)cc1. The highest BCUT2D eigenvalue weighted by Gasteiger charge is 2.08. The normalized spacial score (nSPS) is 9.71. The number of carboxylic acids is 1. The summed E-state index contributed by atoms with van der Waals surface area (Å²) >= 11 is 0. The molecule has 0 radical (unpaired) electrons. The van der Waals surface area contributed by atoms with E-state index in [4.69, 9.17) is 14.6 Å². The number of carbonyl (C=O) groups is 3. The van der Waals surface area contributed by atoms with E-state index >= 15 is 0 Å². The molecule has 0 fully saturated rings. The minimum atomic E-state index is -1.05. The van der Waals surface area contributed by atoms with Crippen molar-refractivity contribution in [3.05, 3.63) is 48.0 Å². The van der Waals surface area contributed by atoms with Gasteiger partial charge in [-0.2, -0.15) is 0 Å². The van der Waals surface area contributed by atoms with Crippen molar-refractivity contribution in [3.8, 4) is 0 Å². The maximum Gasteiger partial charge on any atom is 0.338 e. The largest absolute Gasteiger partial charge is 0.478 e.